The Bertz CT molecular complexity index is 536. The van der Waals surface area contributed by atoms with Gasteiger partial charge in [-0.15, -0.1) is 0 Å². The second-order valence-electron chi connectivity index (χ2n) is 5.39. The smallest absolute Gasteiger partial charge is 0.261 e. The highest BCUT2D eigenvalue weighted by atomic mass is 16.2. The Morgan fingerprint density at radius 2 is 2.15 bits per heavy atom. The summed E-state index contributed by atoms with van der Waals surface area (Å²) in [5.41, 5.74) is 2.06. The zero-order valence-corrected chi connectivity index (χ0v) is 12.2. The highest BCUT2D eigenvalue weighted by Gasteiger charge is 2.17. The molecule has 1 amide bonds. The van der Waals surface area contributed by atoms with E-state index < -0.39 is 0 Å². The molecule has 110 valence electrons. The van der Waals surface area contributed by atoms with Crippen LogP contribution >= 0.6 is 0 Å². The van der Waals surface area contributed by atoms with E-state index >= 15 is 0 Å². The first-order valence-corrected chi connectivity index (χ1v) is 7.38. The molecule has 0 fully saturated rings. The van der Waals surface area contributed by atoms with Crippen LogP contribution in [0.1, 0.15) is 48.3 Å². The van der Waals surface area contributed by atoms with E-state index in [0.29, 0.717) is 6.54 Å². The second kappa shape index (κ2) is 6.70. The first-order valence-electron chi connectivity index (χ1n) is 7.38. The van der Waals surface area contributed by atoms with Crippen LogP contribution < -0.4 is 16.2 Å². The van der Waals surface area contributed by atoms with Crippen molar-refractivity contribution in [3.63, 3.8) is 0 Å². The van der Waals surface area contributed by atoms with Crippen LogP contribution in [0.2, 0.25) is 0 Å². The molecule has 1 aromatic rings. The van der Waals surface area contributed by atoms with Crippen molar-refractivity contribution in [3.05, 3.63) is 33.2 Å². The normalized spacial score (nSPS) is 15.5. The largest absolute Gasteiger partial charge is 0.350 e. The molecular formula is C15H23N3O2. The van der Waals surface area contributed by atoms with Gasteiger partial charge >= 0.3 is 0 Å². The number of carbonyl (C=O) groups is 1. The second-order valence-corrected chi connectivity index (χ2v) is 5.39. The number of aromatic nitrogens is 1. The van der Waals surface area contributed by atoms with Gasteiger partial charge in [-0.2, -0.15) is 0 Å². The van der Waals surface area contributed by atoms with Crippen molar-refractivity contribution in [2.75, 3.05) is 13.1 Å². The first kappa shape index (κ1) is 14.8. The Kier molecular flexibility index (Phi) is 4.95. The number of aryl methyl sites for hydroxylation is 2. The predicted octanol–water partition coefficient (Wildman–Crippen LogP) is 0.981. The lowest BCUT2D eigenvalue weighted by Gasteiger charge is -2.17. The first-order chi connectivity index (χ1) is 9.61. The maximum absolute atomic E-state index is 12.1. The number of fused-ring (bicyclic) bond motifs is 1. The van der Waals surface area contributed by atoms with Crippen LogP contribution in [0.4, 0.5) is 0 Å². The van der Waals surface area contributed by atoms with Gasteiger partial charge in [-0.3, -0.25) is 9.59 Å². The fraction of sp³-hybridized carbons (Fsp3) is 0.600. The number of H-pyrrole nitrogens is 1. The maximum Gasteiger partial charge on any atom is 0.261 e. The Hall–Kier alpha value is -1.62. The Balaban J connectivity index is 2.08. The number of hydrogen-bond acceptors (Lipinski definition) is 3. The number of nitrogens with one attached hydrogen (secondary N) is 3. The third-order valence-corrected chi connectivity index (χ3v) is 3.70. The molecule has 0 bridgehead atoms. The summed E-state index contributed by atoms with van der Waals surface area (Å²) in [7, 11) is 0. The van der Waals surface area contributed by atoms with Crippen molar-refractivity contribution < 1.29 is 4.79 Å². The van der Waals surface area contributed by atoms with E-state index in [0.717, 1.165) is 43.5 Å². The molecule has 0 saturated carbocycles. The molecular weight excluding hydrogens is 254 g/mol. The van der Waals surface area contributed by atoms with E-state index in [-0.39, 0.29) is 23.1 Å². The van der Waals surface area contributed by atoms with Gasteiger partial charge in [0.15, 0.2) is 0 Å². The lowest BCUT2D eigenvalue weighted by Crippen LogP contribution is -2.40. The monoisotopic (exact) mass is 277 g/mol. The Morgan fingerprint density at radius 3 is 2.90 bits per heavy atom. The summed E-state index contributed by atoms with van der Waals surface area (Å²) in [5.74, 6) is -0.288. The summed E-state index contributed by atoms with van der Waals surface area (Å²) in [6.07, 6.45) is 4.08. The van der Waals surface area contributed by atoms with Gasteiger partial charge in [0.25, 0.3) is 11.5 Å². The van der Waals surface area contributed by atoms with Crippen LogP contribution in [0.15, 0.2) is 10.9 Å². The average molecular weight is 277 g/mol. The molecule has 2 rings (SSSR count). The van der Waals surface area contributed by atoms with Crippen LogP contribution in [-0.2, 0) is 12.8 Å². The summed E-state index contributed by atoms with van der Waals surface area (Å²) in [6, 6.07) is 1.96. The minimum absolute atomic E-state index is 0.195. The van der Waals surface area contributed by atoms with Gasteiger partial charge < -0.3 is 15.6 Å². The minimum atomic E-state index is -0.288. The molecule has 0 aromatic carbocycles. The minimum Gasteiger partial charge on any atom is -0.350 e. The Morgan fingerprint density at radius 1 is 1.40 bits per heavy atom. The van der Waals surface area contributed by atoms with Crippen LogP contribution in [0, 0.1) is 0 Å². The summed E-state index contributed by atoms with van der Waals surface area (Å²) in [6.45, 7) is 5.40. The SMILES string of the molecule is CCN[C@H](C)CNC(=O)c1cc2c([nH]c1=O)CCCC2. The van der Waals surface area contributed by atoms with E-state index in [2.05, 4.69) is 15.6 Å². The van der Waals surface area contributed by atoms with Crippen LogP contribution in [0.5, 0.6) is 0 Å². The van der Waals surface area contributed by atoms with Crippen molar-refractivity contribution in [1.82, 2.24) is 15.6 Å². The third-order valence-electron chi connectivity index (χ3n) is 3.70. The van der Waals surface area contributed by atoms with Gasteiger partial charge in [-0.05, 0) is 50.8 Å². The molecule has 5 nitrogen and oxygen atoms in total. The van der Waals surface area contributed by atoms with E-state index in [1.807, 2.05) is 13.8 Å². The molecule has 1 aliphatic rings. The van der Waals surface area contributed by atoms with Gasteiger partial charge in [0.1, 0.15) is 5.56 Å². The van der Waals surface area contributed by atoms with Gasteiger partial charge in [0.2, 0.25) is 0 Å². The number of hydrogen-bond donors (Lipinski definition) is 3. The summed E-state index contributed by atoms with van der Waals surface area (Å²) < 4.78 is 0. The van der Waals surface area contributed by atoms with Gasteiger partial charge in [0, 0.05) is 18.3 Å². The lowest BCUT2D eigenvalue weighted by atomic mass is 9.95. The molecule has 0 saturated heterocycles. The zero-order valence-electron chi connectivity index (χ0n) is 12.2. The summed E-state index contributed by atoms with van der Waals surface area (Å²) in [4.78, 5) is 26.9. The molecule has 3 N–H and O–H groups in total. The van der Waals surface area contributed by atoms with Gasteiger partial charge in [-0.25, -0.2) is 0 Å². The van der Waals surface area contributed by atoms with Crippen molar-refractivity contribution in [1.29, 1.82) is 0 Å². The van der Waals surface area contributed by atoms with Crippen LogP contribution in [-0.4, -0.2) is 30.0 Å². The molecule has 0 spiro atoms. The maximum atomic E-state index is 12.1. The quantitative estimate of drug-likeness (QED) is 0.751. The highest BCUT2D eigenvalue weighted by molar-refractivity contribution is 5.94. The average Bonchev–Trinajstić information content (AvgIpc) is 2.44. The number of carbonyl (C=O) groups excluding carboxylic acids is 1. The van der Waals surface area contributed by atoms with Gasteiger partial charge in [-0.1, -0.05) is 6.92 Å². The number of aromatic amines is 1. The third kappa shape index (κ3) is 3.48. The van der Waals surface area contributed by atoms with Crippen molar-refractivity contribution in [3.8, 4) is 0 Å². The van der Waals surface area contributed by atoms with Crippen molar-refractivity contribution >= 4 is 5.91 Å². The molecule has 0 unspecified atom stereocenters. The molecule has 0 aliphatic heterocycles. The summed E-state index contributed by atoms with van der Waals surface area (Å²) in [5, 5.41) is 6.03. The topological polar surface area (TPSA) is 74.0 Å². The summed E-state index contributed by atoms with van der Waals surface area (Å²) >= 11 is 0. The standard InChI is InChI=1S/C15H23N3O2/c1-3-16-10(2)9-17-14(19)12-8-11-6-4-5-7-13(11)18-15(12)20/h8,10,16H,3-7,9H2,1-2H3,(H,17,19)(H,18,20)/t10-/m1/s1. The van der Waals surface area contributed by atoms with Crippen molar-refractivity contribution in [2.24, 2.45) is 0 Å². The number of pyridine rings is 1. The predicted molar refractivity (Wildman–Crippen MR) is 79.2 cm³/mol. The van der Waals surface area contributed by atoms with E-state index in [9.17, 15) is 9.59 Å². The molecule has 1 aromatic heterocycles. The van der Waals surface area contributed by atoms with Gasteiger partial charge in [0.05, 0.1) is 0 Å². The molecule has 5 heteroatoms. The molecule has 1 heterocycles. The fourth-order valence-corrected chi connectivity index (χ4v) is 2.61. The van der Waals surface area contributed by atoms with Crippen molar-refractivity contribution in [2.45, 2.75) is 45.6 Å². The Labute approximate surface area is 119 Å². The highest BCUT2D eigenvalue weighted by Crippen LogP contribution is 2.18. The number of amides is 1. The van der Waals surface area contributed by atoms with Crippen LogP contribution in [0.3, 0.4) is 0 Å². The molecule has 20 heavy (non-hydrogen) atoms. The number of rotatable bonds is 5. The fourth-order valence-electron chi connectivity index (χ4n) is 2.61. The van der Waals surface area contributed by atoms with E-state index in [4.69, 9.17) is 0 Å². The molecule has 1 aliphatic carbocycles. The molecule has 1 atom stereocenters. The zero-order chi connectivity index (χ0) is 14.5. The van der Waals surface area contributed by atoms with Crippen LogP contribution in [0.25, 0.3) is 0 Å². The van der Waals surface area contributed by atoms with E-state index in [1.165, 1.54) is 0 Å². The molecule has 0 radical (unpaired) electrons. The number of likely N-dealkylation sites (N-methyl/N-ethyl adjacent to an activating group) is 1. The van der Waals surface area contributed by atoms with E-state index in [1.54, 1.807) is 6.07 Å². The lowest BCUT2D eigenvalue weighted by molar-refractivity contribution is 0.0948.